The molecular weight excluding hydrogens is 228 g/mol. The Balaban J connectivity index is 2.69. The van der Waals surface area contributed by atoms with Gasteiger partial charge in [0.05, 0.1) is 0 Å². The molecule has 1 atom stereocenters. The third-order valence-electron chi connectivity index (χ3n) is 2.92. The lowest BCUT2D eigenvalue weighted by Crippen LogP contribution is -2.47. The standard InChI is InChI=1S/C14H22N2O2/c1-10-4-6-11(7-5-10)12(15)13(18)16-14(2,3)8-9-17/h4-7,12,17H,8-9,15H2,1-3H3,(H,16,18). The second kappa shape index (κ2) is 5.98. The van der Waals surface area contributed by atoms with Gasteiger partial charge in [-0.15, -0.1) is 0 Å². The van der Waals surface area contributed by atoms with Gasteiger partial charge >= 0.3 is 0 Å². The van der Waals surface area contributed by atoms with E-state index in [1.165, 1.54) is 0 Å². The van der Waals surface area contributed by atoms with Gasteiger partial charge in [-0.1, -0.05) is 29.8 Å². The molecule has 0 aliphatic rings. The summed E-state index contributed by atoms with van der Waals surface area (Å²) in [4.78, 5) is 12.0. The van der Waals surface area contributed by atoms with Crippen molar-refractivity contribution in [1.29, 1.82) is 0 Å². The number of carbonyl (C=O) groups is 1. The topological polar surface area (TPSA) is 75.4 Å². The first-order valence-electron chi connectivity index (χ1n) is 6.11. The fraction of sp³-hybridized carbons (Fsp3) is 0.500. The van der Waals surface area contributed by atoms with Crippen molar-refractivity contribution in [2.24, 2.45) is 5.73 Å². The van der Waals surface area contributed by atoms with Crippen LogP contribution in [-0.4, -0.2) is 23.2 Å². The van der Waals surface area contributed by atoms with Crippen LogP contribution in [0.5, 0.6) is 0 Å². The van der Waals surface area contributed by atoms with E-state index >= 15 is 0 Å². The third-order valence-corrected chi connectivity index (χ3v) is 2.92. The number of nitrogens with two attached hydrogens (primary N) is 1. The lowest BCUT2D eigenvalue weighted by Gasteiger charge is -2.27. The molecule has 4 nitrogen and oxygen atoms in total. The molecule has 0 fully saturated rings. The molecule has 0 spiro atoms. The Labute approximate surface area is 108 Å². The normalized spacial score (nSPS) is 13.2. The summed E-state index contributed by atoms with van der Waals surface area (Å²) in [6, 6.07) is 6.91. The minimum absolute atomic E-state index is 0.0348. The average molecular weight is 250 g/mol. The Bertz CT molecular complexity index is 399. The number of amides is 1. The molecule has 0 aromatic heterocycles. The van der Waals surface area contributed by atoms with E-state index in [-0.39, 0.29) is 12.5 Å². The monoisotopic (exact) mass is 250 g/mol. The number of aryl methyl sites for hydroxylation is 1. The number of rotatable bonds is 5. The van der Waals surface area contributed by atoms with Gasteiger partial charge in [0.25, 0.3) is 0 Å². The summed E-state index contributed by atoms with van der Waals surface area (Å²) < 4.78 is 0. The SMILES string of the molecule is Cc1ccc(C(N)C(=O)NC(C)(C)CCO)cc1. The fourth-order valence-corrected chi connectivity index (χ4v) is 1.68. The van der Waals surface area contributed by atoms with Gasteiger partial charge in [0.2, 0.25) is 5.91 Å². The molecule has 0 bridgehead atoms. The van der Waals surface area contributed by atoms with Crippen molar-refractivity contribution in [3.05, 3.63) is 35.4 Å². The highest BCUT2D eigenvalue weighted by atomic mass is 16.3. The minimum atomic E-state index is -0.677. The van der Waals surface area contributed by atoms with Crippen LogP contribution in [0, 0.1) is 6.92 Å². The van der Waals surface area contributed by atoms with Crippen molar-refractivity contribution < 1.29 is 9.90 Å². The predicted octanol–water partition coefficient (Wildman–Crippen LogP) is 1.27. The van der Waals surface area contributed by atoms with Gasteiger partial charge in [0.15, 0.2) is 0 Å². The minimum Gasteiger partial charge on any atom is -0.396 e. The number of aliphatic hydroxyl groups is 1. The molecule has 0 saturated carbocycles. The summed E-state index contributed by atoms with van der Waals surface area (Å²) in [6.45, 7) is 5.75. The molecule has 0 radical (unpaired) electrons. The summed E-state index contributed by atoms with van der Waals surface area (Å²) in [7, 11) is 0. The second-order valence-electron chi connectivity index (χ2n) is 5.24. The van der Waals surface area contributed by atoms with Gasteiger partial charge < -0.3 is 16.2 Å². The Hall–Kier alpha value is -1.39. The van der Waals surface area contributed by atoms with E-state index in [2.05, 4.69) is 5.32 Å². The van der Waals surface area contributed by atoms with Crippen LogP contribution in [0.4, 0.5) is 0 Å². The van der Waals surface area contributed by atoms with Crippen molar-refractivity contribution in [1.82, 2.24) is 5.32 Å². The molecular formula is C14H22N2O2. The number of hydrogen-bond acceptors (Lipinski definition) is 3. The number of benzene rings is 1. The molecule has 0 aliphatic heterocycles. The molecule has 4 heteroatoms. The van der Waals surface area contributed by atoms with Crippen LogP contribution in [0.25, 0.3) is 0 Å². The summed E-state index contributed by atoms with van der Waals surface area (Å²) in [5.41, 5.74) is 7.39. The zero-order valence-electron chi connectivity index (χ0n) is 11.2. The number of nitrogens with one attached hydrogen (secondary N) is 1. The predicted molar refractivity (Wildman–Crippen MR) is 72.0 cm³/mol. The van der Waals surface area contributed by atoms with E-state index in [1.807, 2.05) is 45.0 Å². The Kier molecular flexibility index (Phi) is 4.87. The highest BCUT2D eigenvalue weighted by Crippen LogP contribution is 2.14. The van der Waals surface area contributed by atoms with Crippen molar-refractivity contribution >= 4 is 5.91 Å². The first-order chi connectivity index (χ1) is 8.35. The molecule has 1 rings (SSSR count). The van der Waals surface area contributed by atoms with E-state index in [4.69, 9.17) is 10.8 Å². The Morgan fingerprint density at radius 3 is 2.44 bits per heavy atom. The summed E-state index contributed by atoms with van der Waals surface area (Å²) in [5.74, 6) is -0.225. The Morgan fingerprint density at radius 2 is 1.94 bits per heavy atom. The zero-order valence-corrected chi connectivity index (χ0v) is 11.2. The first-order valence-corrected chi connectivity index (χ1v) is 6.11. The van der Waals surface area contributed by atoms with Crippen LogP contribution in [0.3, 0.4) is 0 Å². The maximum Gasteiger partial charge on any atom is 0.241 e. The van der Waals surface area contributed by atoms with Crippen molar-refractivity contribution in [3.63, 3.8) is 0 Å². The van der Waals surface area contributed by atoms with Crippen molar-refractivity contribution in [2.75, 3.05) is 6.61 Å². The summed E-state index contributed by atoms with van der Waals surface area (Å²) in [6.07, 6.45) is 0.499. The second-order valence-corrected chi connectivity index (χ2v) is 5.24. The molecule has 1 aromatic carbocycles. The van der Waals surface area contributed by atoms with Gasteiger partial charge in [-0.2, -0.15) is 0 Å². The number of hydrogen-bond donors (Lipinski definition) is 3. The molecule has 4 N–H and O–H groups in total. The highest BCUT2D eigenvalue weighted by molar-refractivity contribution is 5.83. The lowest BCUT2D eigenvalue weighted by molar-refractivity contribution is -0.124. The quantitative estimate of drug-likeness (QED) is 0.736. The number of carbonyl (C=O) groups excluding carboxylic acids is 1. The van der Waals surface area contributed by atoms with Crippen molar-refractivity contribution in [3.8, 4) is 0 Å². The van der Waals surface area contributed by atoms with Gasteiger partial charge in [-0.25, -0.2) is 0 Å². The van der Waals surface area contributed by atoms with Crippen LogP contribution in [0.15, 0.2) is 24.3 Å². The van der Waals surface area contributed by atoms with E-state index in [0.717, 1.165) is 11.1 Å². The number of aliphatic hydroxyl groups excluding tert-OH is 1. The van der Waals surface area contributed by atoms with Crippen LogP contribution >= 0.6 is 0 Å². The van der Waals surface area contributed by atoms with Crippen LogP contribution in [-0.2, 0) is 4.79 Å². The third kappa shape index (κ3) is 4.13. The molecule has 18 heavy (non-hydrogen) atoms. The molecule has 100 valence electrons. The largest absolute Gasteiger partial charge is 0.396 e. The smallest absolute Gasteiger partial charge is 0.241 e. The zero-order chi connectivity index (χ0) is 13.8. The van der Waals surface area contributed by atoms with E-state index in [0.29, 0.717) is 6.42 Å². The van der Waals surface area contributed by atoms with Gasteiger partial charge in [0.1, 0.15) is 6.04 Å². The highest BCUT2D eigenvalue weighted by Gasteiger charge is 2.24. The maximum atomic E-state index is 12.0. The van der Waals surface area contributed by atoms with E-state index in [9.17, 15) is 4.79 Å². The van der Waals surface area contributed by atoms with Crippen LogP contribution in [0.1, 0.15) is 37.4 Å². The molecule has 1 amide bonds. The van der Waals surface area contributed by atoms with Gasteiger partial charge in [-0.05, 0) is 32.8 Å². The maximum absolute atomic E-state index is 12.0. The van der Waals surface area contributed by atoms with Crippen LogP contribution < -0.4 is 11.1 Å². The molecule has 0 saturated heterocycles. The fourth-order valence-electron chi connectivity index (χ4n) is 1.68. The summed E-state index contributed by atoms with van der Waals surface area (Å²) >= 11 is 0. The first kappa shape index (κ1) is 14.7. The molecule has 1 unspecified atom stereocenters. The van der Waals surface area contributed by atoms with Crippen molar-refractivity contribution in [2.45, 2.75) is 38.8 Å². The van der Waals surface area contributed by atoms with Gasteiger partial charge in [0, 0.05) is 12.1 Å². The molecule has 0 heterocycles. The Morgan fingerprint density at radius 1 is 1.39 bits per heavy atom. The lowest BCUT2D eigenvalue weighted by atomic mass is 9.99. The van der Waals surface area contributed by atoms with Crippen LogP contribution in [0.2, 0.25) is 0 Å². The molecule has 1 aromatic rings. The van der Waals surface area contributed by atoms with Gasteiger partial charge in [-0.3, -0.25) is 4.79 Å². The van der Waals surface area contributed by atoms with E-state index < -0.39 is 11.6 Å². The van der Waals surface area contributed by atoms with E-state index in [1.54, 1.807) is 0 Å². The summed E-state index contributed by atoms with van der Waals surface area (Å²) in [5, 5.41) is 11.8. The average Bonchev–Trinajstić information content (AvgIpc) is 2.28. The molecule has 0 aliphatic carbocycles.